The van der Waals surface area contributed by atoms with E-state index in [1.54, 1.807) is 24.3 Å². The second-order valence-corrected chi connectivity index (χ2v) is 4.18. The van der Waals surface area contributed by atoms with E-state index < -0.39 is 16.9 Å². The van der Waals surface area contributed by atoms with Gasteiger partial charge in [-0.2, -0.15) is 5.10 Å². The van der Waals surface area contributed by atoms with Crippen molar-refractivity contribution in [3.63, 3.8) is 0 Å². The number of rotatable bonds is 5. The molecule has 1 rings (SSSR count). The van der Waals surface area contributed by atoms with E-state index in [1.807, 2.05) is 0 Å². The number of nitrogens with zero attached hydrogens (tertiary/aromatic N) is 1. The zero-order valence-corrected chi connectivity index (χ0v) is 11.8. The lowest BCUT2D eigenvalue weighted by molar-refractivity contribution is -0.131. The van der Waals surface area contributed by atoms with E-state index >= 15 is 0 Å². The molecular weight excluding hydrogens is 307 g/mol. The molecule has 8 heteroatoms. The number of ether oxygens (including phenoxy) is 1. The zero-order valence-electron chi connectivity index (χ0n) is 10.3. The minimum absolute atomic E-state index is 0.297. The predicted molar refractivity (Wildman–Crippen MR) is 75.3 cm³/mol. The second kappa shape index (κ2) is 7.52. The van der Waals surface area contributed by atoms with Crippen molar-refractivity contribution in [3.8, 4) is 5.75 Å². The van der Waals surface area contributed by atoms with E-state index in [9.17, 15) is 9.59 Å². The van der Waals surface area contributed by atoms with Crippen LogP contribution in [-0.4, -0.2) is 30.3 Å². The summed E-state index contributed by atoms with van der Waals surface area (Å²) in [6.07, 6.45) is 0.930. The van der Waals surface area contributed by atoms with Gasteiger partial charge in [-0.3, -0.25) is 4.79 Å². The highest BCUT2D eigenvalue weighted by molar-refractivity contribution is 6.51. The summed E-state index contributed by atoms with van der Waals surface area (Å²) in [4.78, 5) is 22.1. The van der Waals surface area contributed by atoms with Gasteiger partial charge in [-0.05, 0) is 24.3 Å². The molecule has 0 fully saturated rings. The summed E-state index contributed by atoms with van der Waals surface area (Å²) in [6.45, 7) is 0. The number of hydrogen-bond donors (Lipinski definition) is 2. The molecule has 0 heterocycles. The van der Waals surface area contributed by atoms with Gasteiger partial charge in [-0.15, -0.1) is 0 Å². The van der Waals surface area contributed by atoms with Crippen LogP contribution in [-0.2, 0) is 4.79 Å². The predicted octanol–water partition coefficient (Wildman–Crippen LogP) is 2.18. The van der Waals surface area contributed by atoms with Crippen molar-refractivity contribution in [1.82, 2.24) is 5.43 Å². The highest BCUT2D eigenvalue weighted by Gasteiger charge is 2.08. The lowest BCUT2D eigenvalue weighted by atomic mass is 10.2. The highest BCUT2D eigenvalue weighted by atomic mass is 35.5. The Balaban J connectivity index is 2.67. The molecule has 6 nitrogen and oxygen atoms in total. The van der Waals surface area contributed by atoms with Gasteiger partial charge in [0.1, 0.15) is 10.8 Å². The molecule has 1 aromatic carbocycles. The van der Waals surface area contributed by atoms with E-state index in [0.717, 1.165) is 6.21 Å². The Morgan fingerprint density at radius 3 is 2.40 bits per heavy atom. The molecule has 0 bridgehead atoms. The van der Waals surface area contributed by atoms with Gasteiger partial charge in [0.15, 0.2) is 0 Å². The standard InChI is InChI=1S/C12H10Cl2N2O4/c1-20-8-4-2-7(3-5-8)11(17)16-15-6-9(13)10(14)12(18)19/h2-6H,1H3,(H,16,17)(H,18,19)/b10-9+,15-6+. The Hall–Kier alpha value is -2.05. The van der Waals surface area contributed by atoms with Crippen molar-refractivity contribution in [3.05, 3.63) is 39.9 Å². The molecule has 0 saturated carbocycles. The Labute approximate surface area is 124 Å². The molecular formula is C12H10Cl2N2O4. The number of methoxy groups -OCH3 is 1. The smallest absolute Gasteiger partial charge is 0.348 e. The first-order valence-electron chi connectivity index (χ1n) is 5.21. The van der Waals surface area contributed by atoms with Gasteiger partial charge < -0.3 is 9.84 Å². The van der Waals surface area contributed by atoms with Gasteiger partial charge in [0.05, 0.1) is 18.4 Å². The first kappa shape index (κ1) is 16.0. The second-order valence-electron chi connectivity index (χ2n) is 3.39. The molecule has 0 aliphatic heterocycles. The van der Waals surface area contributed by atoms with Crippen molar-refractivity contribution in [2.75, 3.05) is 7.11 Å². The average Bonchev–Trinajstić information content (AvgIpc) is 2.46. The quantitative estimate of drug-likeness (QED) is 0.495. The number of benzene rings is 1. The number of amides is 1. The fourth-order valence-electron chi connectivity index (χ4n) is 1.11. The van der Waals surface area contributed by atoms with E-state index in [0.29, 0.717) is 11.3 Å². The number of nitrogens with one attached hydrogen (secondary N) is 1. The summed E-state index contributed by atoms with van der Waals surface area (Å²) < 4.78 is 4.96. The Morgan fingerprint density at radius 2 is 1.90 bits per heavy atom. The molecule has 0 saturated heterocycles. The van der Waals surface area contributed by atoms with Gasteiger partial charge in [0.25, 0.3) is 5.91 Å². The van der Waals surface area contributed by atoms with E-state index in [1.165, 1.54) is 7.11 Å². The van der Waals surface area contributed by atoms with Gasteiger partial charge in [0, 0.05) is 5.56 Å². The molecule has 0 unspecified atom stereocenters. The van der Waals surface area contributed by atoms with E-state index in [2.05, 4.69) is 10.5 Å². The molecule has 0 aromatic heterocycles. The SMILES string of the molecule is COc1ccc(C(=O)N/N=C/C(Cl)=C(\Cl)C(=O)O)cc1. The molecule has 1 amide bonds. The Kier molecular flexibility index (Phi) is 6.02. The van der Waals surface area contributed by atoms with Crippen molar-refractivity contribution in [1.29, 1.82) is 0 Å². The van der Waals surface area contributed by atoms with Gasteiger partial charge in [-0.1, -0.05) is 23.2 Å². The van der Waals surface area contributed by atoms with Crippen molar-refractivity contribution in [2.45, 2.75) is 0 Å². The van der Waals surface area contributed by atoms with Crippen LogP contribution in [0, 0.1) is 0 Å². The van der Waals surface area contributed by atoms with Crippen LogP contribution in [0.5, 0.6) is 5.75 Å². The maximum Gasteiger partial charge on any atom is 0.348 e. The number of carbonyl (C=O) groups is 2. The minimum Gasteiger partial charge on any atom is -0.497 e. The molecule has 0 spiro atoms. The largest absolute Gasteiger partial charge is 0.497 e. The molecule has 0 radical (unpaired) electrons. The van der Waals surface area contributed by atoms with Crippen molar-refractivity contribution < 1.29 is 19.4 Å². The summed E-state index contributed by atoms with van der Waals surface area (Å²) in [5.41, 5.74) is 2.53. The van der Waals surface area contributed by atoms with Crippen LogP contribution >= 0.6 is 23.2 Å². The Bertz CT molecular complexity index is 567. The van der Waals surface area contributed by atoms with Gasteiger partial charge in [-0.25, -0.2) is 10.2 Å². The summed E-state index contributed by atoms with van der Waals surface area (Å²) in [7, 11) is 1.51. The van der Waals surface area contributed by atoms with Crippen LogP contribution in [0.1, 0.15) is 10.4 Å². The lowest BCUT2D eigenvalue weighted by Crippen LogP contribution is -2.17. The molecule has 2 N–H and O–H groups in total. The van der Waals surface area contributed by atoms with Crippen LogP contribution in [0.3, 0.4) is 0 Å². The monoisotopic (exact) mass is 316 g/mol. The number of hydrazone groups is 1. The zero-order chi connectivity index (χ0) is 15.1. The summed E-state index contributed by atoms with van der Waals surface area (Å²) in [6, 6.07) is 6.33. The number of aliphatic carboxylic acids is 1. The fraction of sp³-hybridized carbons (Fsp3) is 0.0833. The van der Waals surface area contributed by atoms with E-state index in [4.69, 9.17) is 33.0 Å². The topological polar surface area (TPSA) is 88.0 Å². The third-order valence-corrected chi connectivity index (χ3v) is 2.84. The maximum atomic E-state index is 11.7. The third kappa shape index (κ3) is 4.56. The molecule has 0 aliphatic carbocycles. The lowest BCUT2D eigenvalue weighted by Gasteiger charge is -2.02. The fourth-order valence-corrected chi connectivity index (χ4v) is 1.29. The number of hydrogen-bond acceptors (Lipinski definition) is 4. The van der Waals surface area contributed by atoms with Crippen molar-refractivity contribution in [2.24, 2.45) is 5.10 Å². The van der Waals surface area contributed by atoms with Crippen LogP contribution in [0.25, 0.3) is 0 Å². The summed E-state index contributed by atoms with van der Waals surface area (Å²) in [5.74, 6) is -1.26. The average molecular weight is 317 g/mol. The van der Waals surface area contributed by atoms with Crippen LogP contribution < -0.4 is 10.2 Å². The van der Waals surface area contributed by atoms with Gasteiger partial charge >= 0.3 is 5.97 Å². The Morgan fingerprint density at radius 1 is 1.30 bits per heavy atom. The molecule has 20 heavy (non-hydrogen) atoms. The number of carbonyl (C=O) groups excluding carboxylic acids is 1. The maximum absolute atomic E-state index is 11.7. The van der Waals surface area contributed by atoms with Crippen LogP contribution in [0.15, 0.2) is 39.4 Å². The number of carboxylic acids is 1. The van der Waals surface area contributed by atoms with Crippen LogP contribution in [0.2, 0.25) is 0 Å². The van der Waals surface area contributed by atoms with E-state index in [-0.39, 0.29) is 5.03 Å². The van der Waals surface area contributed by atoms with Crippen LogP contribution in [0.4, 0.5) is 0 Å². The molecule has 106 valence electrons. The molecule has 0 aliphatic rings. The summed E-state index contributed by atoms with van der Waals surface area (Å²) >= 11 is 10.9. The number of carboxylic acid groups (broad SMARTS) is 1. The molecule has 0 atom stereocenters. The third-order valence-electron chi connectivity index (χ3n) is 2.09. The minimum atomic E-state index is -1.38. The molecule has 1 aromatic rings. The van der Waals surface area contributed by atoms with Gasteiger partial charge in [0.2, 0.25) is 0 Å². The highest BCUT2D eigenvalue weighted by Crippen LogP contribution is 2.12. The normalized spacial score (nSPS) is 11.9. The number of allylic oxidation sites excluding steroid dienone is 1. The summed E-state index contributed by atoms with van der Waals surface area (Å²) in [5, 5.41) is 11.2. The number of halogens is 2. The first-order chi connectivity index (χ1) is 9.45. The van der Waals surface area contributed by atoms with Crippen molar-refractivity contribution >= 4 is 41.3 Å². The first-order valence-corrected chi connectivity index (χ1v) is 5.97.